The highest BCUT2D eigenvalue weighted by molar-refractivity contribution is 5.90. The van der Waals surface area contributed by atoms with E-state index < -0.39 is 35.5 Å². The Labute approximate surface area is 200 Å². The highest BCUT2D eigenvalue weighted by Crippen LogP contribution is 2.44. The fourth-order valence-electron chi connectivity index (χ4n) is 4.24. The third kappa shape index (κ3) is 5.75. The number of carboxylic acid groups (broad SMARTS) is 1. The maximum atomic E-state index is 12.9. The third-order valence-corrected chi connectivity index (χ3v) is 5.90. The molecule has 0 aliphatic heterocycles. The number of hydrogen-bond acceptors (Lipinski definition) is 5. The summed E-state index contributed by atoms with van der Waals surface area (Å²) in [6.07, 6.45) is -0.726. The van der Waals surface area contributed by atoms with Crippen LogP contribution in [0.25, 0.3) is 11.1 Å². The van der Waals surface area contributed by atoms with Gasteiger partial charge in [0.15, 0.2) is 0 Å². The Bertz CT molecular complexity index is 1010. The van der Waals surface area contributed by atoms with Gasteiger partial charge < -0.3 is 25.4 Å². The van der Waals surface area contributed by atoms with Crippen molar-refractivity contribution in [3.8, 4) is 11.1 Å². The molecule has 1 aliphatic carbocycles. The summed E-state index contributed by atoms with van der Waals surface area (Å²) < 4.78 is 5.58. The van der Waals surface area contributed by atoms with E-state index in [1.54, 1.807) is 39.8 Å². The van der Waals surface area contributed by atoms with Crippen LogP contribution in [0, 0.1) is 5.41 Å². The van der Waals surface area contributed by atoms with Gasteiger partial charge >= 0.3 is 12.1 Å². The van der Waals surface area contributed by atoms with E-state index in [0.717, 1.165) is 22.3 Å². The number of alkyl carbamates (subject to hydrolysis) is 1. The number of fused-ring (bicyclic) bond motifs is 3. The van der Waals surface area contributed by atoms with Crippen LogP contribution >= 0.6 is 0 Å². The number of carbonyl (C=O) groups excluding carboxylic acids is 2. The van der Waals surface area contributed by atoms with Gasteiger partial charge in [0.25, 0.3) is 0 Å². The minimum atomic E-state index is -1.14. The largest absolute Gasteiger partial charge is 0.480 e. The summed E-state index contributed by atoms with van der Waals surface area (Å²) in [6.45, 7) is 5.63. The van der Waals surface area contributed by atoms with Crippen LogP contribution in [0.4, 0.5) is 4.79 Å². The van der Waals surface area contributed by atoms with E-state index in [4.69, 9.17) is 4.74 Å². The van der Waals surface area contributed by atoms with Crippen LogP contribution in [0.15, 0.2) is 48.5 Å². The zero-order valence-corrected chi connectivity index (χ0v) is 20.3. The van der Waals surface area contributed by atoms with Gasteiger partial charge in [-0.25, -0.2) is 9.59 Å². The molecule has 3 rings (SSSR count). The predicted octanol–water partition coefficient (Wildman–Crippen LogP) is 3.07. The SMILES string of the molecule is CN(C)C[C@H](NC(=O)[C@@H](NC(=O)OCC1c2ccccc2-c2ccccc21)C(C)(C)C)C(=O)O. The Balaban J connectivity index is 1.69. The van der Waals surface area contributed by atoms with E-state index in [1.165, 1.54) is 0 Å². The highest BCUT2D eigenvalue weighted by Gasteiger charge is 2.36. The van der Waals surface area contributed by atoms with Gasteiger partial charge in [0.1, 0.15) is 18.7 Å². The molecule has 0 fully saturated rings. The molecule has 8 nitrogen and oxygen atoms in total. The predicted molar refractivity (Wildman–Crippen MR) is 130 cm³/mol. The summed E-state index contributed by atoms with van der Waals surface area (Å²) in [5, 5.41) is 14.6. The second-order valence-electron chi connectivity index (χ2n) is 9.93. The lowest BCUT2D eigenvalue weighted by molar-refractivity contribution is -0.143. The first-order chi connectivity index (χ1) is 16.0. The zero-order chi connectivity index (χ0) is 25.0. The molecular formula is C26H33N3O5. The smallest absolute Gasteiger partial charge is 0.407 e. The Morgan fingerprint density at radius 3 is 1.97 bits per heavy atom. The van der Waals surface area contributed by atoms with Crippen molar-refractivity contribution in [3.63, 3.8) is 0 Å². The van der Waals surface area contributed by atoms with Gasteiger partial charge in [0.05, 0.1) is 0 Å². The maximum Gasteiger partial charge on any atom is 0.407 e. The Morgan fingerprint density at radius 2 is 1.50 bits per heavy atom. The molecule has 0 saturated heterocycles. The minimum absolute atomic E-state index is 0.100. The summed E-state index contributed by atoms with van der Waals surface area (Å²) in [5.74, 6) is -1.82. The molecule has 2 aromatic carbocycles. The normalized spacial score (nSPS) is 14.6. The standard InChI is InChI=1S/C26H33N3O5/c1-26(2,3)22(23(30)27-21(24(31)32)14-29(4)5)28-25(33)34-15-20-18-12-8-6-10-16(18)17-11-7-9-13-19(17)20/h6-13,20-22H,14-15H2,1-5H3,(H,27,30)(H,28,33)(H,31,32)/t21-,22+/m0/s1. The van der Waals surface area contributed by atoms with Crippen LogP contribution in [-0.2, 0) is 14.3 Å². The van der Waals surface area contributed by atoms with E-state index in [-0.39, 0.29) is 19.1 Å². The van der Waals surface area contributed by atoms with Crippen LogP contribution in [-0.4, -0.2) is 67.3 Å². The van der Waals surface area contributed by atoms with Crippen molar-refractivity contribution in [2.45, 2.75) is 38.8 Å². The van der Waals surface area contributed by atoms with Crippen molar-refractivity contribution < 1.29 is 24.2 Å². The summed E-state index contributed by atoms with van der Waals surface area (Å²) in [6, 6.07) is 14.0. The van der Waals surface area contributed by atoms with Crippen molar-refractivity contribution in [3.05, 3.63) is 59.7 Å². The molecule has 0 aromatic heterocycles. The molecule has 8 heteroatoms. The van der Waals surface area contributed by atoms with Crippen LogP contribution < -0.4 is 10.6 Å². The summed E-state index contributed by atoms with van der Waals surface area (Å²) >= 11 is 0. The molecule has 0 spiro atoms. The van der Waals surface area contributed by atoms with Crippen LogP contribution in [0.1, 0.15) is 37.8 Å². The first-order valence-electron chi connectivity index (χ1n) is 11.3. The average molecular weight is 468 g/mol. The van der Waals surface area contributed by atoms with Gasteiger partial charge in [0.2, 0.25) is 5.91 Å². The topological polar surface area (TPSA) is 108 Å². The molecule has 0 saturated carbocycles. The highest BCUT2D eigenvalue weighted by atomic mass is 16.5. The van der Waals surface area contributed by atoms with Gasteiger partial charge in [-0.1, -0.05) is 69.3 Å². The summed E-state index contributed by atoms with van der Waals surface area (Å²) in [7, 11) is 3.44. The van der Waals surface area contributed by atoms with Crippen LogP contribution in [0.3, 0.4) is 0 Å². The van der Waals surface area contributed by atoms with Crippen LogP contribution in [0.2, 0.25) is 0 Å². The van der Waals surface area contributed by atoms with Crippen molar-refractivity contribution in [1.29, 1.82) is 0 Å². The number of likely N-dealkylation sites (N-methyl/N-ethyl adjacent to an activating group) is 1. The summed E-state index contributed by atoms with van der Waals surface area (Å²) in [5.41, 5.74) is 3.76. The van der Waals surface area contributed by atoms with Crippen molar-refractivity contribution in [1.82, 2.24) is 15.5 Å². The number of aliphatic carboxylic acids is 1. The monoisotopic (exact) mass is 467 g/mol. The molecule has 182 valence electrons. The molecule has 2 aromatic rings. The zero-order valence-electron chi connectivity index (χ0n) is 20.3. The fourth-order valence-corrected chi connectivity index (χ4v) is 4.24. The maximum absolute atomic E-state index is 12.9. The quantitative estimate of drug-likeness (QED) is 0.551. The minimum Gasteiger partial charge on any atom is -0.480 e. The Kier molecular flexibility index (Phi) is 7.61. The molecule has 0 unspecified atom stereocenters. The first kappa shape index (κ1) is 25.2. The number of benzene rings is 2. The average Bonchev–Trinajstić information content (AvgIpc) is 3.08. The van der Waals surface area contributed by atoms with Crippen molar-refractivity contribution in [2.75, 3.05) is 27.2 Å². The van der Waals surface area contributed by atoms with E-state index >= 15 is 0 Å². The number of carbonyl (C=O) groups is 3. The number of rotatable bonds is 8. The lowest BCUT2D eigenvalue weighted by atomic mass is 9.86. The van der Waals surface area contributed by atoms with Gasteiger partial charge in [0, 0.05) is 12.5 Å². The number of hydrogen-bond donors (Lipinski definition) is 3. The Hall–Kier alpha value is -3.39. The lowest BCUT2D eigenvalue weighted by Gasteiger charge is -2.31. The third-order valence-electron chi connectivity index (χ3n) is 5.90. The number of nitrogens with one attached hydrogen (secondary N) is 2. The molecule has 1 aliphatic rings. The lowest BCUT2D eigenvalue weighted by Crippen LogP contribution is -2.58. The molecule has 3 N–H and O–H groups in total. The second kappa shape index (κ2) is 10.3. The Morgan fingerprint density at radius 1 is 0.971 bits per heavy atom. The van der Waals surface area contributed by atoms with E-state index in [1.807, 2.05) is 36.4 Å². The molecule has 2 amide bonds. The molecule has 0 heterocycles. The van der Waals surface area contributed by atoms with Gasteiger partial charge in [-0.05, 0) is 41.8 Å². The summed E-state index contributed by atoms with van der Waals surface area (Å²) in [4.78, 5) is 38.9. The van der Waals surface area contributed by atoms with Crippen molar-refractivity contribution >= 4 is 18.0 Å². The van der Waals surface area contributed by atoms with E-state index in [0.29, 0.717) is 0 Å². The van der Waals surface area contributed by atoms with E-state index in [9.17, 15) is 19.5 Å². The first-order valence-corrected chi connectivity index (χ1v) is 11.3. The van der Waals surface area contributed by atoms with Gasteiger partial charge in [-0.15, -0.1) is 0 Å². The molecule has 0 bridgehead atoms. The van der Waals surface area contributed by atoms with Gasteiger partial charge in [-0.3, -0.25) is 4.79 Å². The van der Waals surface area contributed by atoms with Crippen molar-refractivity contribution in [2.24, 2.45) is 5.41 Å². The van der Waals surface area contributed by atoms with Crippen LogP contribution in [0.5, 0.6) is 0 Å². The number of carboxylic acids is 1. The molecule has 34 heavy (non-hydrogen) atoms. The van der Waals surface area contributed by atoms with Gasteiger partial charge in [-0.2, -0.15) is 0 Å². The fraction of sp³-hybridized carbons (Fsp3) is 0.423. The molecule has 0 radical (unpaired) electrons. The molecular weight excluding hydrogens is 434 g/mol. The number of ether oxygens (including phenoxy) is 1. The number of amides is 2. The number of nitrogens with zero attached hydrogens (tertiary/aromatic N) is 1. The van der Waals surface area contributed by atoms with E-state index in [2.05, 4.69) is 22.8 Å². The molecule has 2 atom stereocenters. The second-order valence-corrected chi connectivity index (χ2v) is 9.93.